The Balaban J connectivity index is 3.24. The zero-order chi connectivity index (χ0) is 15.3. The van der Waals surface area contributed by atoms with Crippen LogP contribution in [0.4, 0.5) is 4.39 Å². The fourth-order valence-corrected chi connectivity index (χ4v) is 1.73. The third kappa shape index (κ3) is 4.12. The van der Waals surface area contributed by atoms with Gasteiger partial charge in [-0.2, -0.15) is 0 Å². The largest absolute Gasteiger partial charge is 0.462 e. The Labute approximate surface area is 124 Å². The minimum atomic E-state index is -0.799. The molecule has 0 bridgehead atoms. The normalized spacial score (nSPS) is 11.2. The van der Waals surface area contributed by atoms with Crippen molar-refractivity contribution in [3.05, 3.63) is 40.0 Å². The smallest absolute Gasteiger partial charge is 0.343 e. The van der Waals surface area contributed by atoms with Gasteiger partial charge in [0.2, 0.25) is 5.78 Å². The number of halogens is 2. The highest BCUT2D eigenvalue weighted by atomic mass is 79.9. The highest BCUT2D eigenvalue weighted by Gasteiger charge is 2.24. The van der Waals surface area contributed by atoms with Crippen LogP contribution in [0.5, 0.6) is 0 Å². The monoisotopic (exact) mass is 344 g/mol. The Morgan fingerprint density at radius 1 is 1.50 bits per heavy atom. The molecule has 0 aromatic carbocycles. The minimum Gasteiger partial charge on any atom is -0.462 e. The summed E-state index contributed by atoms with van der Waals surface area (Å²) < 4.78 is 18.8. The molecule has 0 aliphatic carbocycles. The molecule has 5 nitrogen and oxygen atoms in total. The molecular weight excluding hydrogens is 331 g/mol. The lowest BCUT2D eigenvalue weighted by Gasteiger charge is -2.11. The van der Waals surface area contributed by atoms with E-state index < -0.39 is 17.6 Å². The summed E-state index contributed by atoms with van der Waals surface area (Å²) >= 11 is 3.06. The van der Waals surface area contributed by atoms with E-state index in [1.54, 1.807) is 21.0 Å². The summed E-state index contributed by atoms with van der Waals surface area (Å²) in [5, 5.41) is 0. The van der Waals surface area contributed by atoms with Crippen molar-refractivity contribution in [3.63, 3.8) is 0 Å². The van der Waals surface area contributed by atoms with Crippen LogP contribution < -0.4 is 0 Å². The van der Waals surface area contributed by atoms with Crippen LogP contribution in [0.2, 0.25) is 0 Å². The first-order valence-corrected chi connectivity index (χ1v) is 6.57. The molecule has 0 N–H and O–H groups in total. The van der Waals surface area contributed by atoms with Gasteiger partial charge in [-0.25, -0.2) is 14.2 Å². The maximum absolute atomic E-state index is 13.7. The van der Waals surface area contributed by atoms with Gasteiger partial charge in [0, 0.05) is 20.3 Å². The first kappa shape index (κ1) is 16.3. The van der Waals surface area contributed by atoms with E-state index in [-0.39, 0.29) is 17.7 Å². The lowest BCUT2D eigenvalue weighted by molar-refractivity contribution is -0.138. The molecule has 0 amide bonds. The number of esters is 1. The fourth-order valence-electron chi connectivity index (χ4n) is 1.40. The standard InChI is InChI=1S/C13H14BrFN2O3/c1-4-20-13(19)9(7-17(2)3)12(18)8-5-11(14)16-6-10(8)15/h5-7H,4H2,1-3H3/b9-7-. The van der Waals surface area contributed by atoms with Gasteiger partial charge in [-0.05, 0) is 28.9 Å². The van der Waals surface area contributed by atoms with Gasteiger partial charge < -0.3 is 9.64 Å². The highest BCUT2D eigenvalue weighted by molar-refractivity contribution is 9.10. The average Bonchev–Trinajstić information content (AvgIpc) is 2.38. The number of pyridine rings is 1. The Morgan fingerprint density at radius 2 is 2.15 bits per heavy atom. The van der Waals surface area contributed by atoms with Crippen LogP contribution in [0.1, 0.15) is 17.3 Å². The zero-order valence-electron chi connectivity index (χ0n) is 11.3. The van der Waals surface area contributed by atoms with Crippen LogP contribution in [0.25, 0.3) is 0 Å². The molecule has 0 unspecified atom stereocenters. The lowest BCUT2D eigenvalue weighted by Crippen LogP contribution is -2.20. The van der Waals surface area contributed by atoms with Crippen LogP contribution in [0, 0.1) is 5.82 Å². The average molecular weight is 345 g/mol. The van der Waals surface area contributed by atoms with E-state index in [1.165, 1.54) is 17.2 Å². The van der Waals surface area contributed by atoms with E-state index in [9.17, 15) is 14.0 Å². The molecule has 0 saturated heterocycles. The molecule has 0 aliphatic rings. The molecule has 0 spiro atoms. The summed E-state index contributed by atoms with van der Waals surface area (Å²) in [6.07, 6.45) is 2.21. The summed E-state index contributed by atoms with van der Waals surface area (Å²) in [4.78, 5) is 29.3. The number of Topliss-reactive ketones (excluding diaryl/α,β-unsaturated/α-hetero) is 1. The van der Waals surface area contributed by atoms with Crippen LogP contribution in [0.15, 0.2) is 28.6 Å². The number of nitrogens with zero attached hydrogens (tertiary/aromatic N) is 2. The topological polar surface area (TPSA) is 59.5 Å². The molecule has 1 aromatic heterocycles. The quantitative estimate of drug-likeness (QED) is 0.204. The zero-order valence-corrected chi connectivity index (χ0v) is 12.9. The van der Waals surface area contributed by atoms with Gasteiger partial charge in [0.05, 0.1) is 18.4 Å². The summed E-state index contributed by atoms with van der Waals surface area (Å²) in [6, 6.07) is 1.22. The number of ether oxygens (including phenoxy) is 1. The van der Waals surface area contributed by atoms with Gasteiger partial charge in [0.15, 0.2) is 5.82 Å². The van der Waals surface area contributed by atoms with E-state index in [0.29, 0.717) is 4.60 Å². The number of carbonyl (C=O) groups is 2. The molecule has 20 heavy (non-hydrogen) atoms. The van der Waals surface area contributed by atoms with Gasteiger partial charge in [-0.3, -0.25) is 4.79 Å². The van der Waals surface area contributed by atoms with E-state index in [4.69, 9.17) is 4.74 Å². The van der Waals surface area contributed by atoms with Crippen molar-refractivity contribution in [1.29, 1.82) is 0 Å². The number of ketones is 1. The summed E-state index contributed by atoms with van der Waals surface area (Å²) in [5.41, 5.74) is -0.484. The van der Waals surface area contributed by atoms with Gasteiger partial charge in [-0.1, -0.05) is 0 Å². The van der Waals surface area contributed by atoms with E-state index in [1.807, 2.05) is 0 Å². The van der Waals surface area contributed by atoms with E-state index >= 15 is 0 Å². The summed E-state index contributed by atoms with van der Waals surface area (Å²) in [6.45, 7) is 1.75. The predicted molar refractivity (Wildman–Crippen MR) is 74.6 cm³/mol. The maximum atomic E-state index is 13.7. The second kappa shape index (κ2) is 7.14. The Morgan fingerprint density at radius 3 is 2.70 bits per heavy atom. The van der Waals surface area contributed by atoms with Crippen LogP contribution in [0.3, 0.4) is 0 Å². The van der Waals surface area contributed by atoms with Gasteiger partial charge in [0.25, 0.3) is 0 Å². The lowest BCUT2D eigenvalue weighted by atomic mass is 10.1. The van der Waals surface area contributed by atoms with Crippen molar-refractivity contribution in [3.8, 4) is 0 Å². The van der Waals surface area contributed by atoms with Gasteiger partial charge >= 0.3 is 5.97 Å². The second-order valence-electron chi connectivity index (χ2n) is 4.04. The molecule has 0 fully saturated rings. The molecule has 7 heteroatoms. The van der Waals surface area contributed by atoms with Crippen molar-refractivity contribution >= 4 is 27.7 Å². The first-order chi connectivity index (χ1) is 9.36. The number of hydrogen-bond acceptors (Lipinski definition) is 5. The fraction of sp³-hybridized carbons (Fsp3) is 0.308. The predicted octanol–water partition coefficient (Wildman–Crippen LogP) is 2.17. The molecule has 0 radical (unpaired) electrons. The summed E-state index contributed by atoms with van der Waals surface area (Å²) in [5.74, 6) is -2.34. The second-order valence-corrected chi connectivity index (χ2v) is 4.86. The molecular formula is C13H14BrFN2O3. The molecule has 0 saturated carbocycles. The van der Waals surface area contributed by atoms with Crippen molar-refractivity contribution < 1.29 is 18.7 Å². The van der Waals surface area contributed by atoms with Crippen LogP contribution in [-0.2, 0) is 9.53 Å². The highest BCUT2D eigenvalue weighted by Crippen LogP contribution is 2.17. The molecule has 1 rings (SSSR count). The van der Waals surface area contributed by atoms with Crippen molar-refractivity contribution in [2.75, 3.05) is 20.7 Å². The van der Waals surface area contributed by atoms with E-state index in [2.05, 4.69) is 20.9 Å². The van der Waals surface area contributed by atoms with Crippen LogP contribution in [-0.4, -0.2) is 42.3 Å². The maximum Gasteiger partial charge on any atom is 0.343 e. The number of carbonyl (C=O) groups excluding carboxylic acids is 2. The van der Waals surface area contributed by atoms with Crippen LogP contribution >= 0.6 is 15.9 Å². The number of aromatic nitrogens is 1. The number of rotatable bonds is 5. The molecule has 108 valence electrons. The first-order valence-electron chi connectivity index (χ1n) is 5.78. The van der Waals surface area contributed by atoms with Gasteiger partial charge in [-0.15, -0.1) is 0 Å². The molecule has 0 aliphatic heterocycles. The Hall–Kier alpha value is -1.76. The van der Waals surface area contributed by atoms with Gasteiger partial charge in [0.1, 0.15) is 10.2 Å². The van der Waals surface area contributed by atoms with Crippen molar-refractivity contribution in [1.82, 2.24) is 9.88 Å². The third-order valence-corrected chi connectivity index (χ3v) is 2.63. The Kier molecular flexibility index (Phi) is 5.82. The minimum absolute atomic E-state index is 0.124. The van der Waals surface area contributed by atoms with Crippen molar-refractivity contribution in [2.24, 2.45) is 0 Å². The number of hydrogen-bond donors (Lipinski definition) is 0. The molecule has 1 heterocycles. The SMILES string of the molecule is CCOC(=O)/C(=C\N(C)C)C(=O)c1cc(Br)ncc1F. The van der Waals surface area contributed by atoms with Crippen molar-refractivity contribution in [2.45, 2.75) is 6.92 Å². The third-order valence-electron chi connectivity index (χ3n) is 2.19. The molecule has 1 aromatic rings. The molecule has 0 atom stereocenters. The Bertz CT molecular complexity index is 559. The summed E-state index contributed by atoms with van der Waals surface area (Å²) in [7, 11) is 3.29. The van der Waals surface area contributed by atoms with E-state index in [0.717, 1.165) is 6.20 Å².